The summed E-state index contributed by atoms with van der Waals surface area (Å²) < 4.78 is 0. The smallest absolute Gasteiger partial charge is 0.236 e. The van der Waals surface area contributed by atoms with Crippen LogP contribution in [0.2, 0.25) is 0 Å². The third-order valence-electron chi connectivity index (χ3n) is 4.44. The molecule has 1 fully saturated rings. The third kappa shape index (κ3) is 3.01. The zero-order valence-electron chi connectivity index (χ0n) is 12.4. The van der Waals surface area contributed by atoms with Gasteiger partial charge in [-0.05, 0) is 33.1 Å². The van der Waals surface area contributed by atoms with Gasteiger partial charge in [-0.15, -0.1) is 0 Å². The van der Waals surface area contributed by atoms with Crippen molar-refractivity contribution in [2.75, 3.05) is 6.54 Å². The van der Waals surface area contributed by atoms with E-state index in [1.54, 1.807) is 0 Å². The van der Waals surface area contributed by atoms with Crippen LogP contribution in [0.15, 0.2) is 5.16 Å². The number of carbonyl (C=O) groups is 1. The van der Waals surface area contributed by atoms with Crippen molar-refractivity contribution in [3.8, 4) is 0 Å². The number of hydrogen-bond acceptors (Lipinski definition) is 3. The van der Waals surface area contributed by atoms with Gasteiger partial charge < -0.3 is 15.8 Å². The predicted octanol–water partition coefficient (Wildman–Crippen LogP) is 2.33. The first kappa shape index (κ1) is 15.8. The van der Waals surface area contributed by atoms with Gasteiger partial charge in [0, 0.05) is 12.6 Å². The largest absolute Gasteiger partial charge is 0.409 e. The van der Waals surface area contributed by atoms with Crippen molar-refractivity contribution in [3.05, 3.63) is 0 Å². The van der Waals surface area contributed by atoms with E-state index >= 15 is 0 Å². The van der Waals surface area contributed by atoms with E-state index in [0.717, 1.165) is 25.7 Å². The Bertz CT molecular complexity index is 336. The lowest BCUT2D eigenvalue weighted by atomic mass is 9.71. The van der Waals surface area contributed by atoms with Gasteiger partial charge in [0.05, 0.1) is 0 Å². The Kier molecular flexibility index (Phi) is 5.63. The molecule has 1 atom stereocenters. The van der Waals surface area contributed by atoms with Crippen molar-refractivity contribution in [1.29, 1.82) is 0 Å². The summed E-state index contributed by atoms with van der Waals surface area (Å²) in [5.41, 5.74) is 5.08. The van der Waals surface area contributed by atoms with Gasteiger partial charge in [0.15, 0.2) is 5.84 Å². The first-order valence-electron chi connectivity index (χ1n) is 7.32. The summed E-state index contributed by atoms with van der Waals surface area (Å²) >= 11 is 0. The molecule has 1 saturated carbocycles. The van der Waals surface area contributed by atoms with Gasteiger partial charge in [0.2, 0.25) is 5.91 Å². The van der Waals surface area contributed by atoms with Crippen LogP contribution in [0.25, 0.3) is 0 Å². The van der Waals surface area contributed by atoms with Crippen LogP contribution < -0.4 is 5.73 Å². The van der Waals surface area contributed by atoms with Crippen molar-refractivity contribution in [1.82, 2.24) is 4.90 Å². The Morgan fingerprint density at radius 1 is 1.37 bits per heavy atom. The Morgan fingerprint density at radius 3 is 2.37 bits per heavy atom. The molecule has 1 aliphatic carbocycles. The van der Waals surface area contributed by atoms with Crippen molar-refractivity contribution in [2.24, 2.45) is 16.3 Å². The standard InChI is InChI=1S/C14H27N3O2/c1-4-11(3)17(5-2)13(18)14(12(15)16-19)9-7-6-8-10-14/h11,19H,4-10H2,1-3H3,(H2,15,16). The Balaban J connectivity index is 3.06. The molecule has 0 saturated heterocycles. The molecule has 0 aromatic rings. The molecular weight excluding hydrogens is 242 g/mol. The molecule has 1 rings (SSSR count). The van der Waals surface area contributed by atoms with Crippen LogP contribution in [0.3, 0.4) is 0 Å². The minimum absolute atomic E-state index is 0.0272. The molecule has 1 unspecified atom stereocenters. The van der Waals surface area contributed by atoms with Crippen LogP contribution >= 0.6 is 0 Å². The van der Waals surface area contributed by atoms with Crippen molar-refractivity contribution < 1.29 is 10.0 Å². The molecule has 0 aromatic heterocycles. The molecule has 0 aliphatic heterocycles. The quantitative estimate of drug-likeness (QED) is 0.348. The number of hydrogen-bond donors (Lipinski definition) is 2. The van der Waals surface area contributed by atoms with E-state index in [1.165, 1.54) is 0 Å². The van der Waals surface area contributed by atoms with Crippen LogP contribution in [0.5, 0.6) is 0 Å². The Labute approximate surface area is 115 Å². The summed E-state index contributed by atoms with van der Waals surface area (Å²) in [7, 11) is 0. The van der Waals surface area contributed by atoms with E-state index in [1.807, 2.05) is 18.7 Å². The molecule has 0 spiro atoms. The molecule has 5 heteroatoms. The van der Waals surface area contributed by atoms with E-state index in [2.05, 4.69) is 12.1 Å². The van der Waals surface area contributed by atoms with Gasteiger partial charge in [-0.2, -0.15) is 0 Å². The summed E-state index contributed by atoms with van der Waals surface area (Å²) in [6.07, 6.45) is 5.32. The number of nitrogens with two attached hydrogens (primary N) is 1. The average Bonchev–Trinajstić information content (AvgIpc) is 2.47. The van der Waals surface area contributed by atoms with Gasteiger partial charge >= 0.3 is 0 Å². The predicted molar refractivity (Wildman–Crippen MR) is 76.1 cm³/mol. The fraction of sp³-hybridized carbons (Fsp3) is 0.857. The highest BCUT2D eigenvalue weighted by Gasteiger charge is 2.46. The first-order chi connectivity index (χ1) is 9.03. The van der Waals surface area contributed by atoms with Crippen LogP contribution in [-0.2, 0) is 4.79 Å². The van der Waals surface area contributed by atoms with Gasteiger partial charge in [-0.1, -0.05) is 31.3 Å². The number of oxime groups is 1. The number of amides is 1. The maximum absolute atomic E-state index is 12.9. The van der Waals surface area contributed by atoms with Gasteiger partial charge in [-0.25, -0.2) is 0 Å². The average molecular weight is 269 g/mol. The van der Waals surface area contributed by atoms with Crippen LogP contribution in [0, 0.1) is 5.41 Å². The zero-order valence-corrected chi connectivity index (χ0v) is 12.4. The van der Waals surface area contributed by atoms with E-state index in [9.17, 15) is 4.79 Å². The van der Waals surface area contributed by atoms with Gasteiger partial charge in [0.25, 0.3) is 0 Å². The molecule has 5 nitrogen and oxygen atoms in total. The molecule has 0 bridgehead atoms. The van der Waals surface area contributed by atoms with E-state index in [0.29, 0.717) is 19.4 Å². The summed E-state index contributed by atoms with van der Waals surface area (Å²) in [5.74, 6) is 0.110. The summed E-state index contributed by atoms with van der Waals surface area (Å²) in [5, 5.41) is 12.2. The Morgan fingerprint density at radius 2 is 1.95 bits per heavy atom. The number of nitrogens with zero attached hydrogens (tertiary/aromatic N) is 2. The zero-order chi connectivity index (χ0) is 14.5. The highest BCUT2D eigenvalue weighted by molar-refractivity contribution is 6.06. The second-order valence-corrected chi connectivity index (χ2v) is 5.48. The van der Waals surface area contributed by atoms with Crippen LogP contribution in [-0.4, -0.2) is 34.4 Å². The van der Waals surface area contributed by atoms with Crippen LogP contribution in [0.1, 0.15) is 59.3 Å². The SMILES string of the molecule is CCC(C)N(CC)C(=O)C1(C(N)=NO)CCCCC1. The molecule has 0 radical (unpaired) electrons. The number of amidine groups is 1. The molecule has 0 aromatic carbocycles. The van der Waals surface area contributed by atoms with E-state index in [-0.39, 0.29) is 17.8 Å². The lowest BCUT2D eigenvalue weighted by molar-refractivity contribution is -0.142. The lowest BCUT2D eigenvalue weighted by Crippen LogP contribution is -2.54. The van der Waals surface area contributed by atoms with E-state index < -0.39 is 5.41 Å². The summed E-state index contributed by atoms with van der Waals surface area (Å²) in [6.45, 7) is 6.75. The van der Waals surface area contributed by atoms with E-state index in [4.69, 9.17) is 10.9 Å². The second kappa shape index (κ2) is 6.78. The lowest BCUT2D eigenvalue weighted by Gasteiger charge is -2.40. The van der Waals surface area contributed by atoms with Crippen molar-refractivity contribution >= 4 is 11.7 Å². The van der Waals surface area contributed by atoms with Gasteiger partial charge in [0.1, 0.15) is 5.41 Å². The maximum atomic E-state index is 12.9. The third-order valence-corrected chi connectivity index (χ3v) is 4.44. The molecule has 0 heterocycles. The first-order valence-corrected chi connectivity index (χ1v) is 7.32. The molecule has 3 N–H and O–H groups in total. The normalized spacial score (nSPS) is 20.9. The molecule has 1 aliphatic rings. The van der Waals surface area contributed by atoms with Crippen molar-refractivity contribution in [3.63, 3.8) is 0 Å². The van der Waals surface area contributed by atoms with Crippen LogP contribution in [0.4, 0.5) is 0 Å². The summed E-state index contributed by atoms with van der Waals surface area (Å²) in [4.78, 5) is 14.8. The monoisotopic (exact) mass is 269 g/mol. The topological polar surface area (TPSA) is 78.9 Å². The molecular formula is C14H27N3O2. The minimum Gasteiger partial charge on any atom is -0.409 e. The highest BCUT2D eigenvalue weighted by Crippen LogP contribution is 2.38. The maximum Gasteiger partial charge on any atom is 0.236 e. The fourth-order valence-electron chi connectivity index (χ4n) is 2.98. The number of carbonyl (C=O) groups excluding carboxylic acids is 1. The summed E-state index contributed by atoms with van der Waals surface area (Å²) in [6, 6.07) is 0.183. The molecule has 19 heavy (non-hydrogen) atoms. The minimum atomic E-state index is -0.785. The second-order valence-electron chi connectivity index (χ2n) is 5.48. The fourth-order valence-corrected chi connectivity index (χ4v) is 2.98. The highest BCUT2D eigenvalue weighted by atomic mass is 16.4. The Hall–Kier alpha value is -1.26. The van der Waals surface area contributed by atoms with Gasteiger partial charge in [-0.3, -0.25) is 4.79 Å². The number of rotatable bonds is 5. The molecule has 1 amide bonds. The molecule has 110 valence electrons. The van der Waals surface area contributed by atoms with Crippen molar-refractivity contribution in [2.45, 2.75) is 65.3 Å².